The third-order valence-corrected chi connectivity index (χ3v) is 6.51. The Morgan fingerprint density at radius 3 is 2.34 bits per heavy atom. The van der Waals surface area contributed by atoms with Gasteiger partial charge in [-0.25, -0.2) is 4.98 Å². The van der Waals surface area contributed by atoms with Gasteiger partial charge in [-0.3, -0.25) is 4.79 Å². The van der Waals surface area contributed by atoms with Gasteiger partial charge in [0.25, 0.3) is 0 Å². The molecule has 0 aliphatic rings. The van der Waals surface area contributed by atoms with Gasteiger partial charge in [0.15, 0.2) is 5.75 Å². The lowest BCUT2D eigenvalue weighted by Crippen LogP contribution is -2.26. The zero-order chi connectivity index (χ0) is 25.4. The second-order valence-electron chi connectivity index (χ2n) is 8.62. The number of hydrogen-bond donors (Lipinski definition) is 0. The highest BCUT2D eigenvalue weighted by molar-refractivity contribution is 6.37. The van der Waals surface area contributed by atoms with E-state index in [1.54, 1.807) is 12.5 Å². The van der Waals surface area contributed by atoms with Gasteiger partial charge in [0, 0.05) is 31.3 Å². The van der Waals surface area contributed by atoms with Gasteiger partial charge >= 0.3 is 5.97 Å². The molecule has 6 nitrogen and oxygen atoms in total. The molecule has 0 fully saturated rings. The highest BCUT2D eigenvalue weighted by Gasteiger charge is 2.26. The summed E-state index contributed by atoms with van der Waals surface area (Å²) >= 11 is 18.9. The normalized spacial score (nSPS) is 12.3. The zero-order valence-corrected chi connectivity index (χ0v) is 22.2. The number of hydrogen-bond acceptors (Lipinski definition) is 5. The summed E-state index contributed by atoms with van der Waals surface area (Å²) in [6.45, 7) is 7.05. The Balaban J connectivity index is 1.64. The number of nitrogens with zero attached hydrogens (tertiary/aromatic N) is 2. The van der Waals surface area contributed by atoms with E-state index < -0.39 is 12.1 Å². The maximum absolute atomic E-state index is 11.2. The van der Waals surface area contributed by atoms with Crippen molar-refractivity contribution in [1.82, 2.24) is 9.55 Å². The molecule has 3 aromatic rings. The summed E-state index contributed by atoms with van der Waals surface area (Å²) in [4.78, 5) is 15.2. The van der Waals surface area contributed by atoms with Crippen molar-refractivity contribution in [3.05, 3.63) is 76.3 Å². The summed E-state index contributed by atoms with van der Waals surface area (Å²) in [6.07, 6.45) is 5.80. The number of aryl methyl sites for hydroxylation is 1. The average Bonchev–Trinajstić information content (AvgIpc) is 3.34. The highest BCUT2D eigenvalue weighted by Crippen LogP contribution is 2.40. The van der Waals surface area contributed by atoms with E-state index in [9.17, 15) is 4.79 Å². The molecule has 3 rings (SSSR count). The minimum Gasteiger partial charge on any atom is -0.494 e. The second kappa shape index (κ2) is 12.5. The summed E-state index contributed by atoms with van der Waals surface area (Å²) in [5.41, 5.74) is 1.64. The van der Waals surface area contributed by atoms with E-state index in [4.69, 9.17) is 49.0 Å². The van der Waals surface area contributed by atoms with E-state index in [0.29, 0.717) is 22.4 Å². The fourth-order valence-corrected chi connectivity index (χ4v) is 4.32. The first kappa shape index (κ1) is 27.2. The van der Waals surface area contributed by atoms with Gasteiger partial charge in [0.1, 0.15) is 18.5 Å². The monoisotopic (exact) mass is 538 g/mol. The van der Waals surface area contributed by atoms with Crippen molar-refractivity contribution in [2.45, 2.75) is 45.3 Å². The Bertz CT molecular complexity index is 1080. The van der Waals surface area contributed by atoms with Crippen molar-refractivity contribution < 1.29 is 19.0 Å². The maximum Gasteiger partial charge on any atom is 0.303 e. The van der Waals surface area contributed by atoms with Crippen LogP contribution in [0.4, 0.5) is 0 Å². The van der Waals surface area contributed by atoms with Gasteiger partial charge in [0.05, 0.1) is 28.9 Å². The Labute approximate surface area is 221 Å². The lowest BCUT2D eigenvalue weighted by Gasteiger charge is -2.27. The van der Waals surface area contributed by atoms with Gasteiger partial charge in [-0.05, 0) is 41.8 Å². The molecule has 0 amide bonds. The summed E-state index contributed by atoms with van der Waals surface area (Å²) < 4.78 is 18.7. The number of alkyl halides is 1. The third-order valence-electron chi connectivity index (χ3n) is 5.60. The van der Waals surface area contributed by atoms with Crippen molar-refractivity contribution >= 4 is 40.8 Å². The molecule has 9 heteroatoms. The standard InChI is InChI=1S/C26H29Cl3N2O4/c1-18(32)35-22(15-27)16-34-25-23(28)13-20(14-24(25)29)26(2,3)19-5-7-21(8-6-19)33-12-4-10-31-11-9-30-17-31/h5-9,11,13-14,17,22H,4,10,12,15-16H2,1-3H3. The molecule has 1 unspecified atom stereocenters. The lowest BCUT2D eigenvalue weighted by molar-refractivity contribution is -0.146. The summed E-state index contributed by atoms with van der Waals surface area (Å²) in [5.74, 6) is 0.815. The maximum atomic E-state index is 11.2. The van der Waals surface area contributed by atoms with Crippen LogP contribution >= 0.6 is 34.8 Å². The number of halogens is 3. The van der Waals surface area contributed by atoms with Gasteiger partial charge < -0.3 is 18.8 Å². The topological polar surface area (TPSA) is 62.6 Å². The van der Waals surface area contributed by atoms with E-state index >= 15 is 0 Å². The molecule has 0 radical (unpaired) electrons. The van der Waals surface area contributed by atoms with E-state index in [2.05, 4.69) is 18.8 Å². The molecule has 0 spiro atoms. The summed E-state index contributed by atoms with van der Waals surface area (Å²) in [5, 5.41) is 0.740. The van der Waals surface area contributed by atoms with Crippen molar-refractivity contribution in [1.29, 1.82) is 0 Å². The average molecular weight is 540 g/mol. The molecule has 0 bridgehead atoms. The van der Waals surface area contributed by atoms with Gasteiger partial charge in [-0.1, -0.05) is 49.2 Å². The molecule has 1 atom stereocenters. The van der Waals surface area contributed by atoms with Gasteiger partial charge in [-0.2, -0.15) is 0 Å². The molecule has 35 heavy (non-hydrogen) atoms. The first-order valence-corrected chi connectivity index (χ1v) is 12.5. The molecule has 188 valence electrons. The Kier molecular flexibility index (Phi) is 9.72. The number of carbonyl (C=O) groups is 1. The van der Waals surface area contributed by atoms with Crippen molar-refractivity contribution in [3.8, 4) is 11.5 Å². The van der Waals surface area contributed by atoms with Crippen LogP contribution in [-0.4, -0.2) is 40.7 Å². The Hall–Kier alpha value is -2.41. The minimum absolute atomic E-state index is 0.0506. The molecule has 0 aliphatic carbocycles. The first-order valence-electron chi connectivity index (χ1n) is 11.2. The molecule has 1 heterocycles. The summed E-state index contributed by atoms with van der Waals surface area (Å²) in [6, 6.07) is 11.7. The fourth-order valence-electron chi connectivity index (χ4n) is 3.57. The Morgan fingerprint density at radius 1 is 1.09 bits per heavy atom. The molecule has 0 saturated carbocycles. The lowest BCUT2D eigenvalue weighted by atomic mass is 9.78. The van der Waals surface area contributed by atoms with Crippen LogP contribution in [0.5, 0.6) is 11.5 Å². The molecular formula is C26H29Cl3N2O4. The minimum atomic E-state index is -0.593. The molecular weight excluding hydrogens is 511 g/mol. The van der Waals surface area contributed by atoms with Gasteiger partial charge in [0.2, 0.25) is 0 Å². The zero-order valence-electron chi connectivity index (χ0n) is 20.0. The van der Waals surface area contributed by atoms with Gasteiger partial charge in [-0.15, -0.1) is 11.6 Å². The fraction of sp³-hybridized carbons (Fsp3) is 0.385. The van der Waals surface area contributed by atoms with Crippen LogP contribution < -0.4 is 9.47 Å². The summed E-state index contributed by atoms with van der Waals surface area (Å²) in [7, 11) is 0. The number of imidazole rings is 1. The van der Waals surface area contributed by atoms with Crippen LogP contribution in [0.15, 0.2) is 55.1 Å². The van der Waals surface area contributed by atoms with E-state index in [1.165, 1.54) is 6.92 Å². The van der Waals surface area contributed by atoms with Crippen LogP contribution in [-0.2, 0) is 21.5 Å². The van der Waals surface area contributed by atoms with Crippen LogP contribution in [0, 0.1) is 0 Å². The van der Waals surface area contributed by atoms with Crippen LogP contribution in [0.3, 0.4) is 0 Å². The molecule has 0 aliphatic heterocycles. The van der Waals surface area contributed by atoms with Crippen molar-refractivity contribution in [2.75, 3.05) is 19.1 Å². The SMILES string of the molecule is CC(=O)OC(CCl)COc1c(Cl)cc(C(C)(C)c2ccc(OCCCn3ccnc3)cc2)cc1Cl. The molecule has 0 N–H and O–H groups in total. The molecule has 2 aromatic carbocycles. The number of esters is 1. The van der Waals surface area contributed by atoms with E-state index in [0.717, 1.165) is 29.8 Å². The number of benzene rings is 2. The molecule has 0 saturated heterocycles. The predicted octanol–water partition coefficient (Wildman–Crippen LogP) is 6.53. The number of ether oxygens (including phenoxy) is 3. The number of aromatic nitrogens is 2. The Morgan fingerprint density at radius 2 is 1.77 bits per heavy atom. The van der Waals surface area contributed by atoms with E-state index in [-0.39, 0.29) is 17.9 Å². The molecule has 1 aromatic heterocycles. The second-order valence-corrected chi connectivity index (χ2v) is 9.74. The predicted molar refractivity (Wildman–Crippen MR) is 139 cm³/mol. The largest absolute Gasteiger partial charge is 0.494 e. The van der Waals surface area contributed by atoms with Crippen molar-refractivity contribution in [3.63, 3.8) is 0 Å². The first-order chi connectivity index (χ1) is 16.7. The van der Waals surface area contributed by atoms with Crippen LogP contribution in [0.1, 0.15) is 38.3 Å². The van der Waals surface area contributed by atoms with Crippen molar-refractivity contribution in [2.24, 2.45) is 0 Å². The third kappa shape index (κ3) is 7.53. The smallest absolute Gasteiger partial charge is 0.303 e. The van der Waals surface area contributed by atoms with Crippen LogP contribution in [0.25, 0.3) is 0 Å². The van der Waals surface area contributed by atoms with E-state index in [1.807, 2.05) is 47.2 Å². The highest BCUT2D eigenvalue weighted by atomic mass is 35.5. The number of rotatable bonds is 12. The van der Waals surface area contributed by atoms with Crippen LogP contribution in [0.2, 0.25) is 10.0 Å². The number of carbonyl (C=O) groups excluding carboxylic acids is 1. The quantitative estimate of drug-likeness (QED) is 0.149.